The highest BCUT2D eigenvalue weighted by Gasteiger charge is 2.24. The lowest BCUT2D eigenvalue weighted by Crippen LogP contribution is -2.19. The minimum Gasteiger partial charge on any atom is -0.506 e. The quantitative estimate of drug-likeness (QED) is 0.169. The maximum atomic E-state index is 12.2. The zero-order chi connectivity index (χ0) is 20.4. The smallest absolute Gasteiger partial charge is 0.264 e. The fourth-order valence-electron chi connectivity index (χ4n) is 2.14. The highest BCUT2D eigenvalue weighted by atomic mass is 127. The monoisotopic (exact) mass is 747 g/mol. The van der Waals surface area contributed by atoms with Crippen molar-refractivity contribution in [2.45, 2.75) is 0 Å². The number of nitrogens with zero attached hydrogens (tertiary/aromatic N) is 2. The normalized spacial score (nSPS) is 17.1. The van der Waals surface area contributed by atoms with Gasteiger partial charge in [0.25, 0.3) is 5.91 Å². The molecule has 2 aromatic rings. The molecule has 1 heterocycles. The molecular weight excluding hydrogens is 740 g/mol. The summed E-state index contributed by atoms with van der Waals surface area (Å²) in [7, 11) is 0. The summed E-state index contributed by atoms with van der Waals surface area (Å²) in [5, 5.41) is 31.1. The van der Waals surface area contributed by atoms with E-state index in [-0.39, 0.29) is 17.4 Å². The second-order valence-corrected chi connectivity index (χ2v) is 10.6. The molecule has 11 heteroatoms. The van der Waals surface area contributed by atoms with Crippen LogP contribution in [0.3, 0.4) is 0 Å². The van der Waals surface area contributed by atoms with Crippen molar-refractivity contribution in [3.8, 4) is 11.5 Å². The largest absolute Gasteiger partial charge is 0.506 e. The Hall–Kier alpha value is -0.640. The van der Waals surface area contributed by atoms with E-state index in [4.69, 9.17) is 0 Å². The van der Waals surface area contributed by atoms with E-state index in [9.17, 15) is 15.0 Å². The van der Waals surface area contributed by atoms with Gasteiger partial charge in [0.1, 0.15) is 11.5 Å². The number of benzene rings is 2. The molecule has 2 aromatic carbocycles. The van der Waals surface area contributed by atoms with Crippen LogP contribution < -0.4 is 5.32 Å². The van der Waals surface area contributed by atoms with E-state index in [1.54, 1.807) is 24.3 Å². The lowest BCUT2D eigenvalue weighted by Gasteiger charge is -2.03. The van der Waals surface area contributed by atoms with Gasteiger partial charge in [0, 0.05) is 19.2 Å². The fraction of sp³-hybridized carbons (Fsp3) is 0. The summed E-state index contributed by atoms with van der Waals surface area (Å²) >= 11 is 11.9. The zero-order valence-electron chi connectivity index (χ0n) is 13.6. The van der Waals surface area contributed by atoms with E-state index < -0.39 is 0 Å². The molecule has 0 spiro atoms. The van der Waals surface area contributed by atoms with Crippen LogP contribution in [0, 0.1) is 7.14 Å². The molecule has 1 saturated heterocycles. The fourth-order valence-corrected chi connectivity index (χ4v) is 6.06. The lowest BCUT2D eigenvalue weighted by atomic mass is 10.2. The third-order valence-electron chi connectivity index (χ3n) is 3.40. The number of amidine groups is 1. The number of hydrogen-bond acceptors (Lipinski definition) is 6. The van der Waals surface area contributed by atoms with Crippen LogP contribution in [0.5, 0.6) is 11.5 Å². The van der Waals surface area contributed by atoms with Gasteiger partial charge in [-0.15, -0.1) is 5.10 Å². The van der Waals surface area contributed by atoms with E-state index in [0.29, 0.717) is 29.2 Å². The van der Waals surface area contributed by atoms with Gasteiger partial charge in [-0.1, -0.05) is 15.9 Å². The molecule has 1 amide bonds. The molecule has 1 fully saturated rings. The number of carbonyl (C=O) groups is 1. The van der Waals surface area contributed by atoms with Gasteiger partial charge in [0.2, 0.25) is 0 Å². The van der Waals surface area contributed by atoms with Gasteiger partial charge >= 0.3 is 0 Å². The number of hydrogen-bond donors (Lipinski definition) is 3. The molecule has 3 rings (SSSR count). The predicted molar refractivity (Wildman–Crippen MR) is 136 cm³/mol. The third kappa shape index (κ3) is 5.29. The van der Waals surface area contributed by atoms with Crippen molar-refractivity contribution in [1.29, 1.82) is 0 Å². The minimum absolute atomic E-state index is 0.0382. The Morgan fingerprint density at radius 3 is 2.57 bits per heavy atom. The Bertz CT molecular complexity index is 1070. The van der Waals surface area contributed by atoms with Crippen LogP contribution >= 0.6 is 88.8 Å². The van der Waals surface area contributed by atoms with Crippen molar-refractivity contribution in [3.05, 3.63) is 56.4 Å². The molecule has 0 bridgehead atoms. The van der Waals surface area contributed by atoms with Crippen LogP contribution in [0.15, 0.2) is 48.3 Å². The number of aromatic hydroxyl groups is 2. The molecule has 144 valence electrons. The van der Waals surface area contributed by atoms with Gasteiger partial charge < -0.3 is 10.2 Å². The minimum atomic E-state index is -0.332. The van der Waals surface area contributed by atoms with Crippen molar-refractivity contribution in [2.24, 2.45) is 10.2 Å². The van der Waals surface area contributed by atoms with Gasteiger partial charge in [0.05, 0.1) is 19.2 Å². The molecule has 0 saturated carbocycles. The summed E-state index contributed by atoms with van der Waals surface area (Å²) < 4.78 is 2.95. The maximum Gasteiger partial charge on any atom is 0.264 e. The number of halogens is 4. The summed E-state index contributed by atoms with van der Waals surface area (Å²) in [6.45, 7) is 0. The van der Waals surface area contributed by atoms with E-state index >= 15 is 0 Å². The summed E-state index contributed by atoms with van der Waals surface area (Å²) in [5.41, 5.74) is 1.02. The van der Waals surface area contributed by atoms with Gasteiger partial charge in [-0.05, 0) is 103 Å². The number of carbonyl (C=O) groups excluding carboxylic acids is 1. The van der Waals surface area contributed by atoms with E-state index in [0.717, 1.165) is 19.8 Å². The molecule has 0 radical (unpaired) electrons. The molecule has 0 unspecified atom stereocenters. The number of nitrogens with one attached hydrogen (secondary N) is 1. The molecule has 28 heavy (non-hydrogen) atoms. The number of thioether (sulfide) groups is 1. The maximum absolute atomic E-state index is 12.2. The Kier molecular flexibility index (Phi) is 7.44. The first-order valence-corrected chi connectivity index (χ1v) is 12.0. The highest BCUT2D eigenvalue weighted by molar-refractivity contribution is 14.1. The Balaban J connectivity index is 1.81. The first kappa shape index (κ1) is 22.1. The average molecular weight is 749 g/mol. The molecule has 3 N–H and O–H groups in total. The van der Waals surface area contributed by atoms with Gasteiger partial charge in [0.15, 0.2) is 5.17 Å². The average Bonchev–Trinajstić information content (AvgIpc) is 2.96. The first-order chi connectivity index (χ1) is 13.2. The molecule has 0 aromatic heterocycles. The van der Waals surface area contributed by atoms with Crippen LogP contribution in [0.4, 0.5) is 0 Å². The van der Waals surface area contributed by atoms with Crippen LogP contribution in [0.2, 0.25) is 0 Å². The van der Waals surface area contributed by atoms with E-state index in [1.165, 1.54) is 6.21 Å². The molecule has 0 atom stereocenters. The predicted octanol–water partition coefficient (Wildman–Crippen LogP) is 5.43. The Labute approximate surface area is 208 Å². The van der Waals surface area contributed by atoms with Crippen LogP contribution in [-0.2, 0) is 4.79 Å². The second-order valence-electron chi connectivity index (χ2n) is 5.37. The summed E-state index contributed by atoms with van der Waals surface area (Å²) in [6.07, 6.45) is 3.00. The van der Waals surface area contributed by atoms with Crippen molar-refractivity contribution < 1.29 is 15.0 Å². The number of phenols is 2. The zero-order valence-corrected chi connectivity index (χ0v) is 21.9. The highest BCUT2D eigenvalue weighted by Crippen LogP contribution is 2.35. The summed E-state index contributed by atoms with van der Waals surface area (Å²) in [4.78, 5) is 12.5. The van der Waals surface area contributed by atoms with Crippen LogP contribution in [0.25, 0.3) is 6.08 Å². The van der Waals surface area contributed by atoms with Crippen molar-refractivity contribution >= 4 is 112 Å². The molecular formula is C17H9Br2I2N3O3S. The van der Waals surface area contributed by atoms with Crippen molar-refractivity contribution in [3.63, 3.8) is 0 Å². The topological polar surface area (TPSA) is 94.3 Å². The van der Waals surface area contributed by atoms with Gasteiger partial charge in [-0.2, -0.15) is 5.10 Å². The van der Waals surface area contributed by atoms with Crippen molar-refractivity contribution in [1.82, 2.24) is 5.32 Å². The number of rotatable bonds is 3. The molecule has 6 nitrogen and oxygen atoms in total. The third-order valence-corrected chi connectivity index (χ3v) is 6.81. The standard InChI is InChI=1S/C17H9Br2I2N3O3S/c18-9-1-7(14(25)11(19)4-9)3-13-16(27)23-17(28-13)24-22-6-8-2-10(20)5-12(21)15(8)26/h1-6,25-26H,(H,23,24,27)/b13-3-,22-6?. The number of phenolic OH excluding ortho intramolecular Hbond substituents is 2. The van der Waals surface area contributed by atoms with Crippen LogP contribution in [0.1, 0.15) is 11.1 Å². The lowest BCUT2D eigenvalue weighted by molar-refractivity contribution is -0.115. The van der Waals surface area contributed by atoms with Crippen molar-refractivity contribution in [2.75, 3.05) is 0 Å². The first-order valence-electron chi connectivity index (χ1n) is 7.42. The molecule has 1 aliphatic heterocycles. The summed E-state index contributed by atoms with van der Waals surface area (Å²) in [6, 6.07) is 7.04. The van der Waals surface area contributed by atoms with E-state index in [1.807, 2.05) is 28.7 Å². The van der Waals surface area contributed by atoms with Crippen LogP contribution in [-0.4, -0.2) is 27.5 Å². The second kappa shape index (κ2) is 9.45. The Morgan fingerprint density at radius 2 is 1.82 bits per heavy atom. The SMILES string of the molecule is O=C1NC(=NN=Cc2cc(I)cc(I)c2O)S/C1=C\c1cc(Br)cc(Br)c1O. The Morgan fingerprint density at radius 1 is 1.07 bits per heavy atom. The van der Waals surface area contributed by atoms with E-state index in [2.05, 4.69) is 70.0 Å². The molecule has 1 aliphatic rings. The summed E-state index contributed by atoms with van der Waals surface area (Å²) in [5.74, 6) is -0.165. The molecule has 0 aliphatic carbocycles. The van der Waals surface area contributed by atoms with Gasteiger partial charge in [-0.25, -0.2) is 0 Å². The van der Waals surface area contributed by atoms with Gasteiger partial charge in [-0.3, -0.25) is 10.1 Å². The number of amides is 1.